The van der Waals surface area contributed by atoms with Crippen molar-refractivity contribution in [2.45, 2.75) is 119 Å². The summed E-state index contributed by atoms with van der Waals surface area (Å²) in [6.45, 7) is -0.416. The van der Waals surface area contributed by atoms with Crippen molar-refractivity contribution in [2.24, 2.45) is 39.4 Å². The Bertz CT molecular complexity index is 2450. The van der Waals surface area contributed by atoms with Crippen LogP contribution in [0.1, 0.15) is 68.9 Å². The average molecular weight is 1110 g/mol. The van der Waals surface area contributed by atoms with Crippen LogP contribution in [0.25, 0.3) is 0 Å². The second kappa shape index (κ2) is 31.4. The summed E-state index contributed by atoms with van der Waals surface area (Å²) in [4.78, 5) is 154. The molecule has 0 spiro atoms. The topological polar surface area (TPSA) is 464 Å². The summed E-state index contributed by atoms with van der Waals surface area (Å²) < 4.78 is 0. The van der Waals surface area contributed by atoms with E-state index in [1.54, 1.807) is 42.5 Å². The van der Waals surface area contributed by atoms with Crippen LogP contribution in [0.2, 0.25) is 0 Å². The van der Waals surface area contributed by atoms with Gasteiger partial charge in [0.15, 0.2) is 5.96 Å². The standard InChI is InChI=1S/C48H69N15O12S2/c49-29-24-76-77-25-35(47(75)63-21-5-9-36(63)46(74)60-30(8-4-20-55-48(53)54)41(69)56-23-39(52)67)62-44(72)33(17-19-38(51)66)58-42(70)32(16-18-37(50)65)59-45(73)34(22-27-6-2-1-3-7-27)61-43(71)31(57-40(29)68)15-12-26-10-13-28(64)14-11-26/h1-3,6-7,10-11,13-14,29-36,64H,4-5,8-9,12,15-25,49H2,(H2,50,65)(H2,51,66)(H2,52,67)(H,56,69)(H,57,68)(H,58,70)(H,59,73)(H,60,74)(H,61,71)(H,62,72)(H4,53,54,55)/t29-,30-,31-,32-,33-,34-,35-,36-/m0/s1. The number of likely N-dealkylation sites (tertiary alicyclic amines) is 1. The van der Waals surface area contributed by atoms with E-state index in [9.17, 15) is 57.8 Å². The number of hydrogen-bond acceptors (Lipinski definition) is 16. The minimum Gasteiger partial charge on any atom is -0.508 e. The van der Waals surface area contributed by atoms with Gasteiger partial charge in [-0.2, -0.15) is 0 Å². The third kappa shape index (κ3) is 21.5. The van der Waals surface area contributed by atoms with Crippen LogP contribution in [0, 0.1) is 0 Å². The summed E-state index contributed by atoms with van der Waals surface area (Å²) in [5.74, 6) is -9.81. The number of aryl methyl sites for hydroxylation is 1. The van der Waals surface area contributed by atoms with Gasteiger partial charge in [0.25, 0.3) is 0 Å². The fourth-order valence-electron chi connectivity index (χ4n) is 8.11. The zero-order chi connectivity index (χ0) is 56.6. The second-order valence-electron chi connectivity index (χ2n) is 18.3. The van der Waals surface area contributed by atoms with Gasteiger partial charge in [0.05, 0.1) is 12.6 Å². The number of hydrogen-bond donors (Lipinski definition) is 14. The molecule has 0 unspecified atom stereocenters. The highest BCUT2D eigenvalue weighted by Gasteiger charge is 2.40. The van der Waals surface area contributed by atoms with E-state index < -0.39 is 146 Å². The van der Waals surface area contributed by atoms with Crippen molar-refractivity contribution in [3.63, 3.8) is 0 Å². The summed E-state index contributed by atoms with van der Waals surface area (Å²) in [7, 11) is 2.05. The van der Waals surface area contributed by atoms with Gasteiger partial charge in [0.2, 0.25) is 65.0 Å². The number of nitrogens with one attached hydrogen (secondary N) is 7. The van der Waals surface area contributed by atoms with Crippen LogP contribution in [0.3, 0.4) is 0 Å². The molecule has 0 aromatic heterocycles. The molecule has 27 nitrogen and oxygen atoms in total. The number of nitrogens with zero attached hydrogens (tertiary/aromatic N) is 2. The second-order valence-corrected chi connectivity index (χ2v) is 20.8. The van der Waals surface area contributed by atoms with Crippen LogP contribution in [0.5, 0.6) is 5.75 Å². The molecule has 2 fully saturated rings. The molecule has 29 heteroatoms. The zero-order valence-electron chi connectivity index (χ0n) is 42.2. The van der Waals surface area contributed by atoms with Crippen molar-refractivity contribution in [1.82, 2.24) is 42.1 Å². The summed E-state index contributed by atoms with van der Waals surface area (Å²) in [5, 5.41) is 27.9. The molecule has 20 N–H and O–H groups in total. The monoisotopic (exact) mass is 1110 g/mol. The maximum Gasteiger partial charge on any atom is 0.246 e. The molecule has 4 rings (SSSR count). The highest BCUT2D eigenvalue weighted by molar-refractivity contribution is 8.76. The van der Waals surface area contributed by atoms with Crippen LogP contribution in [-0.2, 0) is 65.6 Å². The predicted molar refractivity (Wildman–Crippen MR) is 285 cm³/mol. The smallest absolute Gasteiger partial charge is 0.246 e. The van der Waals surface area contributed by atoms with Crippen molar-refractivity contribution in [2.75, 3.05) is 31.1 Å². The molecule has 2 heterocycles. The first kappa shape index (κ1) is 61.9. The van der Waals surface area contributed by atoms with Gasteiger partial charge in [-0.05, 0) is 74.6 Å². The number of benzene rings is 2. The Hall–Kier alpha value is -7.66. The molecule has 11 amide bonds. The molecule has 0 bridgehead atoms. The third-order valence-electron chi connectivity index (χ3n) is 12.2. The molecule has 2 saturated heterocycles. The number of primary amides is 3. The Labute approximate surface area is 451 Å². The van der Waals surface area contributed by atoms with Crippen LogP contribution in [-0.4, -0.2) is 160 Å². The lowest BCUT2D eigenvalue weighted by Gasteiger charge is -2.31. The lowest BCUT2D eigenvalue weighted by molar-refractivity contribution is -0.142. The Morgan fingerprint density at radius 3 is 1.84 bits per heavy atom. The van der Waals surface area contributed by atoms with Gasteiger partial charge >= 0.3 is 0 Å². The van der Waals surface area contributed by atoms with E-state index in [0.29, 0.717) is 17.5 Å². The minimum absolute atomic E-state index is 0.00541. The lowest BCUT2D eigenvalue weighted by Crippen LogP contribution is -2.61. The minimum atomic E-state index is -1.61. The highest BCUT2D eigenvalue weighted by atomic mass is 33.1. The molecule has 2 aromatic rings. The maximum atomic E-state index is 14.7. The summed E-state index contributed by atoms with van der Waals surface area (Å²) in [6, 6.07) is 3.68. The number of carbonyl (C=O) groups excluding carboxylic acids is 11. The van der Waals surface area contributed by atoms with Crippen molar-refractivity contribution in [3.8, 4) is 5.75 Å². The Balaban J connectivity index is 1.71. The van der Waals surface area contributed by atoms with Gasteiger partial charge in [-0.3, -0.25) is 57.7 Å². The molecule has 77 heavy (non-hydrogen) atoms. The van der Waals surface area contributed by atoms with E-state index in [0.717, 1.165) is 21.6 Å². The van der Waals surface area contributed by atoms with Crippen LogP contribution < -0.4 is 71.6 Å². The molecule has 0 aliphatic carbocycles. The lowest BCUT2D eigenvalue weighted by atomic mass is 10.0. The number of phenolic OH excluding ortho intramolecular Hbond substituents is 1. The fraction of sp³-hybridized carbons (Fsp3) is 0.500. The first-order valence-electron chi connectivity index (χ1n) is 24.7. The first-order valence-corrected chi connectivity index (χ1v) is 27.2. The summed E-state index contributed by atoms with van der Waals surface area (Å²) >= 11 is 0. The quantitative estimate of drug-likeness (QED) is 0.0242. The Morgan fingerprint density at radius 2 is 1.25 bits per heavy atom. The fourth-order valence-corrected chi connectivity index (χ4v) is 10.4. The molecule has 420 valence electrons. The van der Waals surface area contributed by atoms with Gasteiger partial charge < -0.3 is 81.6 Å². The van der Waals surface area contributed by atoms with E-state index in [2.05, 4.69) is 42.2 Å². The van der Waals surface area contributed by atoms with Gasteiger partial charge in [-0.1, -0.05) is 64.1 Å². The van der Waals surface area contributed by atoms with Crippen LogP contribution >= 0.6 is 21.6 Å². The molecule has 0 radical (unpaired) electrons. The number of aromatic hydroxyl groups is 1. The van der Waals surface area contributed by atoms with Crippen LogP contribution in [0.15, 0.2) is 59.6 Å². The molecular formula is C48H69N15O12S2. The number of amides is 11. The number of rotatable bonds is 21. The molecule has 2 aliphatic heterocycles. The summed E-state index contributed by atoms with van der Waals surface area (Å²) in [5.41, 5.74) is 34.7. The number of carbonyl (C=O) groups is 11. The SMILES string of the molecule is NC(=O)CC[C@@H]1NC(=O)[C@H](Cc2ccccc2)NC(=O)[C@H](CCc2ccc(O)cc2)NC(=O)[C@@H](N)CSSC[C@@H](C(=O)N2CCC[C@H]2C(=O)N[C@@H](CCCN=C(N)N)C(=O)NCC(N)=O)NC(=O)[C@H](CCC(N)=O)NC1=O. The normalized spacial score (nSPS) is 22.3. The Kier molecular flexibility index (Phi) is 25.2. The van der Waals surface area contributed by atoms with E-state index in [-0.39, 0.29) is 74.8 Å². The van der Waals surface area contributed by atoms with Gasteiger partial charge in [-0.15, -0.1) is 0 Å². The van der Waals surface area contributed by atoms with Crippen LogP contribution in [0.4, 0.5) is 0 Å². The first-order chi connectivity index (χ1) is 36.6. The van der Waals surface area contributed by atoms with E-state index in [1.165, 1.54) is 17.0 Å². The average Bonchev–Trinajstić information content (AvgIpc) is 3.89. The van der Waals surface area contributed by atoms with Crippen molar-refractivity contribution in [3.05, 3.63) is 65.7 Å². The van der Waals surface area contributed by atoms with Crippen molar-refractivity contribution in [1.29, 1.82) is 0 Å². The van der Waals surface area contributed by atoms with Gasteiger partial charge in [0.1, 0.15) is 48.0 Å². The number of phenols is 1. The predicted octanol–water partition coefficient (Wildman–Crippen LogP) is -4.62. The Morgan fingerprint density at radius 1 is 0.688 bits per heavy atom. The molecule has 8 atom stereocenters. The van der Waals surface area contributed by atoms with Crippen molar-refractivity contribution < 1.29 is 57.8 Å². The van der Waals surface area contributed by atoms with E-state index in [4.69, 9.17) is 34.4 Å². The van der Waals surface area contributed by atoms with Gasteiger partial charge in [0, 0.05) is 43.9 Å². The number of nitrogens with two attached hydrogens (primary N) is 6. The molecular weight excluding hydrogens is 1040 g/mol. The molecule has 2 aromatic carbocycles. The number of aliphatic imine (C=N–C) groups is 1. The number of guanidine groups is 1. The largest absolute Gasteiger partial charge is 0.508 e. The highest BCUT2D eigenvalue weighted by Crippen LogP contribution is 2.26. The summed E-state index contributed by atoms with van der Waals surface area (Å²) in [6.07, 6.45) is -0.949. The third-order valence-corrected chi connectivity index (χ3v) is 14.6. The van der Waals surface area contributed by atoms with Gasteiger partial charge in [-0.25, -0.2) is 0 Å². The molecule has 2 aliphatic rings. The zero-order valence-corrected chi connectivity index (χ0v) is 43.9. The van der Waals surface area contributed by atoms with E-state index >= 15 is 0 Å². The molecule has 0 saturated carbocycles. The maximum absolute atomic E-state index is 14.7. The van der Waals surface area contributed by atoms with Crippen molar-refractivity contribution >= 4 is 92.5 Å². The van der Waals surface area contributed by atoms with E-state index in [1.807, 2.05) is 0 Å².